The minimum atomic E-state index is -0.833. The van der Waals surface area contributed by atoms with Crippen LogP contribution in [0.5, 0.6) is 0 Å². The fourth-order valence-corrected chi connectivity index (χ4v) is 0.863. The number of nitrogens with two attached hydrogens (primary N) is 1. The largest absolute Gasteiger partial charge is 0.481 e. The van der Waals surface area contributed by atoms with E-state index in [4.69, 9.17) is 15.6 Å². The third-order valence-electron chi connectivity index (χ3n) is 1.33. The van der Waals surface area contributed by atoms with E-state index in [1.54, 1.807) is 0 Å². The smallest absolute Gasteiger partial charge is 0.300 e. The molecule has 64 valence electrons. The molecule has 0 bridgehead atoms. The minimum absolute atomic E-state index is 0.833. The molecule has 0 atom stereocenters. The number of carbonyl (C=O) groups is 1. The highest BCUT2D eigenvalue weighted by Gasteiger charge is 1.95. The van der Waals surface area contributed by atoms with Crippen molar-refractivity contribution in [2.75, 3.05) is 0 Å². The summed E-state index contributed by atoms with van der Waals surface area (Å²) in [4.78, 5) is 9.00. The Bertz CT molecular complexity index is 148. The number of allylic oxidation sites excluding steroid dienone is 2. The summed E-state index contributed by atoms with van der Waals surface area (Å²) in [7, 11) is 0. The zero-order valence-corrected chi connectivity index (χ0v) is 6.84. The SMILES string of the molecule is CC(=O)O.NC1=CCCCC1. The van der Waals surface area contributed by atoms with Crippen LogP contribution in [-0.2, 0) is 4.79 Å². The topological polar surface area (TPSA) is 63.3 Å². The molecule has 3 heteroatoms. The second-order valence-corrected chi connectivity index (χ2v) is 2.54. The van der Waals surface area contributed by atoms with E-state index < -0.39 is 5.97 Å². The normalized spacial score (nSPS) is 15.9. The van der Waals surface area contributed by atoms with Gasteiger partial charge in [0.2, 0.25) is 0 Å². The van der Waals surface area contributed by atoms with Crippen LogP contribution in [0.2, 0.25) is 0 Å². The molecule has 0 aliphatic heterocycles. The van der Waals surface area contributed by atoms with Crippen molar-refractivity contribution in [3.8, 4) is 0 Å². The third-order valence-corrected chi connectivity index (χ3v) is 1.33. The maximum atomic E-state index is 9.00. The summed E-state index contributed by atoms with van der Waals surface area (Å²) in [5.41, 5.74) is 6.58. The van der Waals surface area contributed by atoms with Crippen LogP contribution in [0.3, 0.4) is 0 Å². The van der Waals surface area contributed by atoms with E-state index in [2.05, 4.69) is 6.08 Å². The van der Waals surface area contributed by atoms with Crippen molar-refractivity contribution in [2.24, 2.45) is 5.73 Å². The van der Waals surface area contributed by atoms with Gasteiger partial charge < -0.3 is 10.8 Å². The summed E-state index contributed by atoms with van der Waals surface area (Å²) in [5.74, 6) is -0.833. The standard InChI is InChI=1S/C6H11N.C2H4O2/c7-6-4-2-1-3-5-6;1-2(3)4/h4H,1-3,5,7H2;1H3,(H,3,4). The van der Waals surface area contributed by atoms with Crippen LogP contribution < -0.4 is 5.73 Å². The predicted octanol–water partition coefficient (Wildman–Crippen LogP) is 1.49. The highest BCUT2D eigenvalue weighted by Crippen LogP contribution is 2.11. The number of carboxylic acid groups (broad SMARTS) is 1. The molecule has 0 saturated heterocycles. The number of hydrogen-bond acceptors (Lipinski definition) is 2. The van der Waals surface area contributed by atoms with Crippen molar-refractivity contribution in [3.05, 3.63) is 11.8 Å². The van der Waals surface area contributed by atoms with Crippen molar-refractivity contribution < 1.29 is 9.90 Å². The summed E-state index contributed by atoms with van der Waals surface area (Å²) in [6.45, 7) is 1.08. The Balaban J connectivity index is 0.000000218. The van der Waals surface area contributed by atoms with E-state index >= 15 is 0 Å². The quantitative estimate of drug-likeness (QED) is 0.560. The molecule has 3 N–H and O–H groups in total. The fourth-order valence-electron chi connectivity index (χ4n) is 0.863. The zero-order chi connectivity index (χ0) is 8.69. The van der Waals surface area contributed by atoms with Crippen LogP contribution >= 0.6 is 0 Å². The Labute approximate surface area is 66.9 Å². The maximum Gasteiger partial charge on any atom is 0.300 e. The average Bonchev–Trinajstić information content (AvgIpc) is 1.87. The highest BCUT2D eigenvalue weighted by molar-refractivity contribution is 5.62. The van der Waals surface area contributed by atoms with Crippen LogP contribution in [0, 0.1) is 0 Å². The van der Waals surface area contributed by atoms with Crippen molar-refractivity contribution in [1.82, 2.24) is 0 Å². The molecule has 1 rings (SSSR count). The molecular weight excluding hydrogens is 142 g/mol. The molecule has 0 amide bonds. The van der Waals surface area contributed by atoms with Crippen LogP contribution in [0.25, 0.3) is 0 Å². The Kier molecular flexibility index (Phi) is 5.25. The first kappa shape index (κ1) is 10.0. The lowest BCUT2D eigenvalue weighted by Gasteiger charge is -2.05. The summed E-state index contributed by atoms with van der Waals surface area (Å²) in [5, 5.41) is 7.42. The molecular formula is C8H15NO2. The van der Waals surface area contributed by atoms with Crippen LogP contribution in [0.4, 0.5) is 0 Å². The second kappa shape index (κ2) is 5.77. The van der Waals surface area contributed by atoms with E-state index in [1.165, 1.54) is 19.3 Å². The predicted molar refractivity (Wildman–Crippen MR) is 44.0 cm³/mol. The van der Waals surface area contributed by atoms with Gasteiger partial charge in [0.1, 0.15) is 0 Å². The van der Waals surface area contributed by atoms with Gasteiger partial charge in [-0.25, -0.2) is 0 Å². The van der Waals surface area contributed by atoms with Crippen LogP contribution in [0.15, 0.2) is 11.8 Å². The molecule has 0 aromatic heterocycles. The Morgan fingerprint density at radius 3 is 2.36 bits per heavy atom. The average molecular weight is 157 g/mol. The van der Waals surface area contributed by atoms with Crippen molar-refractivity contribution in [1.29, 1.82) is 0 Å². The van der Waals surface area contributed by atoms with E-state index in [-0.39, 0.29) is 0 Å². The molecule has 0 aromatic carbocycles. The van der Waals surface area contributed by atoms with E-state index in [1.807, 2.05) is 0 Å². The van der Waals surface area contributed by atoms with Crippen LogP contribution in [0.1, 0.15) is 32.6 Å². The Morgan fingerprint density at radius 2 is 2.18 bits per heavy atom. The van der Waals surface area contributed by atoms with E-state index in [0.717, 1.165) is 19.0 Å². The minimum Gasteiger partial charge on any atom is -0.481 e. The van der Waals surface area contributed by atoms with Gasteiger partial charge in [-0.15, -0.1) is 0 Å². The van der Waals surface area contributed by atoms with E-state index in [9.17, 15) is 0 Å². The van der Waals surface area contributed by atoms with Crippen molar-refractivity contribution in [2.45, 2.75) is 32.6 Å². The molecule has 0 heterocycles. The first-order valence-electron chi connectivity index (χ1n) is 3.77. The molecule has 0 spiro atoms. The van der Waals surface area contributed by atoms with Gasteiger partial charge in [-0.2, -0.15) is 0 Å². The zero-order valence-electron chi connectivity index (χ0n) is 6.84. The number of hydrogen-bond donors (Lipinski definition) is 2. The molecule has 0 unspecified atom stereocenters. The number of aliphatic carboxylic acids is 1. The van der Waals surface area contributed by atoms with Gasteiger partial charge >= 0.3 is 0 Å². The highest BCUT2D eigenvalue weighted by atomic mass is 16.4. The molecule has 0 aromatic rings. The third kappa shape index (κ3) is 9.01. The van der Waals surface area contributed by atoms with Gasteiger partial charge in [-0.3, -0.25) is 4.79 Å². The first-order valence-corrected chi connectivity index (χ1v) is 3.77. The molecule has 1 aliphatic carbocycles. The maximum absolute atomic E-state index is 9.00. The lowest BCUT2D eigenvalue weighted by molar-refractivity contribution is -0.134. The van der Waals surface area contributed by atoms with Gasteiger partial charge in [0, 0.05) is 12.6 Å². The molecule has 0 fully saturated rings. The van der Waals surface area contributed by atoms with Crippen molar-refractivity contribution >= 4 is 5.97 Å². The van der Waals surface area contributed by atoms with Gasteiger partial charge in [0.25, 0.3) is 5.97 Å². The summed E-state index contributed by atoms with van der Waals surface area (Å²) < 4.78 is 0. The number of carboxylic acids is 1. The molecule has 1 aliphatic rings. The first-order chi connectivity index (χ1) is 5.13. The van der Waals surface area contributed by atoms with Crippen molar-refractivity contribution in [3.63, 3.8) is 0 Å². The lowest BCUT2D eigenvalue weighted by atomic mass is 10.1. The molecule has 0 radical (unpaired) electrons. The van der Waals surface area contributed by atoms with Gasteiger partial charge in [0.05, 0.1) is 0 Å². The Morgan fingerprint density at radius 1 is 1.64 bits per heavy atom. The summed E-state index contributed by atoms with van der Waals surface area (Å²) in [6, 6.07) is 0. The summed E-state index contributed by atoms with van der Waals surface area (Å²) in [6.07, 6.45) is 7.08. The Hall–Kier alpha value is -0.990. The lowest BCUT2D eigenvalue weighted by Crippen LogP contribution is -2.00. The van der Waals surface area contributed by atoms with Gasteiger partial charge in [-0.1, -0.05) is 6.08 Å². The summed E-state index contributed by atoms with van der Waals surface area (Å²) >= 11 is 0. The molecule has 3 nitrogen and oxygen atoms in total. The molecule has 0 saturated carbocycles. The monoisotopic (exact) mass is 157 g/mol. The van der Waals surface area contributed by atoms with Gasteiger partial charge in [0.15, 0.2) is 0 Å². The van der Waals surface area contributed by atoms with Crippen LogP contribution in [-0.4, -0.2) is 11.1 Å². The second-order valence-electron chi connectivity index (χ2n) is 2.54. The number of rotatable bonds is 0. The van der Waals surface area contributed by atoms with Gasteiger partial charge in [-0.05, 0) is 25.7 Å². The fraction of sp³-hybridized carbons (Fsp3) is 0.625. The van der Waals surface area contributed by atoms with E-state index in [0.29, 0.717) is 0 Å². The molecule has 11 heavy (non-hydrogen) atoms.